The van der Waals surface area contributed by atoms with Crippen LogP contribution in [0.2, 0.25) is 0 Å². The lowest BCUT2D eigenvalue weighted by Gasteiger charge is -2.30. The zero-order chi connectivity index (χ0) is 22.6. The number of carbonyl (C=O) groups is 1. The SMILES string of the molecule is COc1ccc(N2CCCCC2)cc1C(=O)N1CCOC[C@@H](Cc2ccc3nccn3c2)C1. The molecular formula is C26H32N4O3. The van der Waals surface area contributed by atoms with Crippen molar-refractivity contribution in [3.63, 3.8) is 0 Å². The first kappa shape index (κ1) is 21.8. The van der Waals surface area contributed by atoms with Crippen molar-refractivity contribution >= 4 is 17.2 Å². The van der Waals surface area contributed by atoms with Gasteiger partial charge in [0.2, 0.25) is 0 Å². The zero-order valence-corrected chi connectivity index (χ0v) is 19.3. The number of benzene rings is 1. The maximum Gasteiger partial charge on any atom is 0.257 e. The summed E-state index contributed by atoms with van der Waals surface area (Å²) in [4.78, 5) is 22.3. The number of rotatable bonds is 5. The Bertz CT molecular complexity index is 1110. The molecular weight excluding hydrogens is 416 g/mol. The van der Waals surface area contributed by atoms with E-state index in [1.54, 1.807) is 13.3 Å². The van der Waals surface area contributed by atoms with E-state index in [9.17, 15) is 4.79 Å². The molecule has 0 N–H and O–H groups in total. The number of pyridine rings is 1. The molecule has 4 heterocycles. The van der Waals surface area contributed by atoms with Crippen LogP contribution in [-0.2, 0) is 11.2 Å². The quantitative estimate of drug-likeness (QED) is 0.596. The van der Waals surface area contributed by atoms with Crippen molar-refractivity contribution in [2.24, 2.45) is 5.92 Å². The number of hydrogen-bond acceptors (Lipinski definition) is 5. The molecule has 7 nitrogen and oxygen atoms in total. The molecule has 0 unspecified atom stereocenters. The number of amides is 1. The molecule has 1 aromatic carbocycles. The maximum absolute atomic E-state index is 13.7. The highest BCUT2D eigenvalue weighted by molar-refractivity contribution is 5.98. The Hall–Kier alpha value is -3.06. The van der Waals surface area contributed by atoms with Crippen molar-refractivity contribution in [3.05, 3.63) is 60.0 Å². The second kappa shape index (κ2) is 9.83. The largest absolute Gasteiger partial charge is 0.496 e. The molecule has 2 saturated heterocycles. The number of nitrogens with zero attached hydrogens (tertiary/aromatic N) is 4. The van der Waals surface area contributed by atoms with E-state index in [-0.39, 0.29) is 11.8 Å². The number of methoxy groups -OCH3 is 1. The van der Waals surface area contributed by atoms with Crippen LogP contribution < -0.4 is 9.64 Å². The number of hydrogen-bond donors (Lipinski definition) is 0. The minimum Gasteiger partial charge on any atom is -0.496 e. The van der Waals surface area contributed by atoms with Gasteiger partial charge in [0.15, 0.2) is 0 Å². The summed E-state index contributed by atoms with van der Waals surface area (Å²) in [5.41, 5.74) is 3.90. The van der Waals surface area contributed by atoms with Crippen LogP contribution in [0.4, 0.5) is 5.69 Å². The Morgan fingerprint density at radius 2 is 2.03 bits per heavy atom. The predicted octanol–water partition coefficient (Wildman–Crippen LogP) is 3.66. The summed E-state index contributed by atoms with van der Waals surface area (Å²) in [6.07, 6.45) is 10.4. The van der Waals surface area contributed by atoms with Crippen LogP contribution in [0, 0.1) is 5.92 Å². The van der Waals surface area contributed by atoms with Crippen molar-refractivity contribution in [1.29, 1.82) is 0 Å². The molecule has 2 aliphatic rings. The average Bonchev–Trinajstić information content (AvgIpc) is 3.21. The highest BCUT2D eigenvalue weighted by atomic mass is 16.5. The minimum atomic E-state index is 0.0197. The molecule has 2 fully saturated rings. The minimum absolute atomic E-state index is 0.0197. The number of imidazole rings is 1. The lowest BCUT2D eigenvalue weighted by atomic mass is 10.00. The molecule has 0 bridgehead atoms. The van der Waals surface area contributed by atoms with Crippen LogP contribution in [0.3, 0.4) is 0 Å². The summed E-state index contributed by atoms with van der Waals surface area (Å²) >= 11 is 0. The summed E-state index contributed by atoms with van der Waals surface area (Å²) in [7, 11) is 1.63. The standard InChI is InChI=1S/C26H32N4O3/c1-32-24-7-6-22(28-10-3-2-4-11-28)16-23(24)26(31)30-13-14-33-19-21(18-30)15-20-5-8-25-27-9-12-29(25)17-20/h5-9,12,16-17,21H,2-4,10-11,13-15,18-19H2,1H3/t21-/m0/s1. The summed E-state index contributed by atoms with van der Waals surface area (Å²) < 4.78 is 13.5. The molecule has 1 amide bonds. The van der Waals surface area contributed by atoms with Gasteiger partial charge in [-0.15, -0.1) is 0 Å². The van der Waals surface area contributed by atoms with Gasteiger partial charge in [-0.05, 0) is 55.5 Å². The fourth-order valence-corrected chi connectivity index (χ4v) is 4.99. The Kier molecular flexibility index (Phi) is 6.48. The molecule has 3 aromatic rings. The number of aromatic nitrogens is 2. The van der Waals surface area contributed by atoms with Gasteiger partial charge < -0.3 is 23.7 Å². The fraction of sp³-hybridized carbons (Fsp3) is 0.462. The second-order valence-corrected chi connectivity index (χ2v) is 9.06. The van der Waals surface area contributed by atoms with Crippen molar-refractivity contribution < 1.29 is 14.3 Å². The number of carbonyl (C=O) groups excluding carboxylic acids is 1. The molecule has 0 saturated carbocycles. The van der Waals surface area contributed by atoms with Crippen LogP contribution in [0.5, 0.6) is 5.75 Å². The Balaban J connectivity index is 1.34. The second-order valence-electron chi connectivity index (χ2n) is 9.06. The van der Waals surface area contributed by atoms with Crippen LogP contribution in [-0.4, -0.2) is 66.7 Å². The van der Waals surface area contributed by atoms with Crippen molar-refractivity contribution in [3.8, 4) is 5.75 Å². The molecule has 1 atom stereocenters. The molecule has 33 heavy (non-hydrogen) atoms. The zero-order valence-electron chi connectivity index (χ0n) is 19.3. The van der Waals surface area contributed by atoms with E-state index in [2.05, 4.69) is 28.2 Å². The number of fused-ring (bicyclic) bond motifs is 1. The number of piperidine rings is 1. The van der Waals surface area contributed by atoms with E-state index in [1.165, 1.54) is 24.8 Å². The van der Waals surface area contributed by atoms with E-state index in [4.69, 9.17) is 9.47 Å². The maximum atomic E-state index is 13.7. The first-order chi connectivity index (χ1) is 16.2. The molecule has 0 radical (unpaired) electrons. The Morgan fingerprint density at radius 1 is 1.15 bits per heavy atom. The third kappa shape index (κ3) is 4.83. The fourth-order valence-electron chi connectivity index (χ4n) is 4.99. The van der Waals surface area contributed by atoms with Gasteiger partial charge in [-0.2, -0.15) is 0 Å². The van der Waals surface area contributed by atoms with Crippen molar-refractivity contribution in [2.45, 2.75) is 25.7 Å². The Morgan fingerprint density at radius 3 is 2.88 bits per heavy atom. The van der Waals surface area contributed by atoms with Crippen LogP contribution >= 0.6 is 0 Å². The monoisotopic (exact) mass is 448 g/mol. The average molecular weight is 449 g/mol. The molecule has 0 aliphatic carbocycles. The lowest BCUT2D eigenvalue weighted by molar-refractivity contribution is 0.0734. The van der Waals surface area contributed by atoms with Crippen molar-refractivity contribution in [2.75, 3.05) is 51.4 Å². The summed E-state index contributed by atoms with van der Waals surface area (Å²) in [6, 6.07) is 10.2. The lowest BCUT2D eigenvalue weighted by Crippen LogP contribution is -2.37. The summed E-state index contributed by atoms with van der Waals surface area (Å²) in [5.74, 6) is 0.882. The van der Waals surface area contributed by atoms with Crippen LogP contribution in [0.1, 0.15) is 35.2 Å². The molecule has 2 aromatic heterocycles. The van der Waals surface area contributed by atoms with E-state index in [1.807, 2.05) is 33.7 Å². The van der Waals surface area contributed by atoms with Gasteiger partial charge in [0.1, 0.15) is 11.4 Å². The van der Waals surface area contributed by atoms with Crippen LogP contribution in [0.25, 0.3) is 5.65 Å². The first-order valence-electron chi connectivity index (χ1n) is 11.9. The molecule has 5 rings (SSSR count). The third-order valence-corrected chi connectivity index (χ3v) is 6.73. The van der Waals surface area contributed by atoms with Gasteiger partial charge in [-0.3, -0.25) is 4.79 Å². The van der Waals surface area contributed by atoms with E-state index in [0.717, 1.165) is 30.8 Å². The van der Waals surface area contributed by atoms with Gasteiger partial charge in [-0.25, -0.2) is 4.98 Å². The van der Waals surface area contributed by atoms with Gasteiger partial charge in [0, 0.05) is 56.4 Å². The number of ether oxygens (including phenoxy) is 2. The van der Waals surface area contributed by atoms with E-state index < -0.39 is 0 Å². The smallest absolute Gasteiger partial charge is 0.257 e. The number of anilines is 1. The topological polar surface area (TPSA) is 59.3 Å². The first-order valence-corrected chi connectivity index (χ1v) is 11.9. The highest BCUT2D eigenvalue weighted by Gasteiger charge is 2.26. The third-order valence-electron chi connectivity index (χ3n) is 6.73. The van der Waals surface area contributed by atoms with E-state index >= 15 is 0 Å². The van der Waals surface area contributed by atoms with Gasteiger partial charge >= 0.3 is 0 Å². The predicted molar refractivity (Wildman–Crippen MR) is 128 cm³/mol. The van der Waals surface area contributed by atoms with Crippen LogP contribution in [0.15, 0.2) is 48.9 Å². The molecule has 0 spiro atoms. The van der Waals surface area contributed by atoms with Gasteiger partial charge in [0.05, 0.1) is 25.9 Å². The van der Waals surface area contributed by atoms with Gasteiger partial charge in [-0.1, -0.05) is 6.07 Å². The summed E-state index contributed by atoms with van der Waals surface area (Å²) in [6.45, 7) is 4.54. The normalized spacial score (nSPS) is 19.5. The molecule has 174 valence electrons. The van der Waals surface area contributed by atoms with Gasteiger partial charge in [0.25, 0.3) is 5.91 Å². The Labute approximate surface area is 194 Å². The van der Waals surface area contributed by atoms with Crippen molar-refractivity contribution in [1.82, 2.24) is 14.3 Å². The molecule has 7 heteroatoms. The highest BCUT2D eigenvalue weighted by Crippen LogP contribution is 2.29. The summed E-state index contributed by atoms with van der Waals surface area (Å²) in [5, 5.41) is 0. The van der Waals surface area contributed by atoms with E-state index in [0.29, 0.717) is 37.6 Å². The molecule has 2 aliphatic heterocycles.